The lowest BCUT2D eigenvalue weighted by atomic mass is 10.1. The number of anilines is 1. The number of hydrogen-bond acceptors (Lipinski definition) is 5. The molecule has 0 radical (unpaired) electrons. The zero-order valence-corrected chi connectivity index (χ0v) is 17.7. The molecule has 0 unspecified atom stereocenters. The van der Waals surface area contributed by atoms with Crippen LogP contribution in [0.3, 0.4) is 0 Å². The van der Waals surface area contributed by atoms with Crippen LogP contribution in [-0.2, 0) is 4.74 Å². The number of carbonyl (C=O) groups excluding carboxylic acids is 3. The minimum atomic E-state index is -0.345. The molecule has 0 atom stereocenters. The first kappa shape index (κ1) is 21.1. The summed E-state index contributed by atoms with van der Waals surface area (Å²) >= 11 is 7.29. The molecule has 3 rings (SSSR count). The van der Waals surface area contributed by atoms with Gasteiger partial charge in [0.1, 0.15) is 0 Å². The van der Waals surface area contributed by atoms with E-state index in [9.17, 15) is 14.4 Å². The monoisotopic (exact) mass is 435 g/mol. The van der Waals surface area contributed by atoms with Crippen LogP contribution in [0.1, 0.15) is 38.4 Å². The van der Waals surface area contributed by atoms with Crippen molar-refractivity contribution < 1.29 is 19.1 Å². The number of methoxy groups -OCH3 is 1. The maximum atomic E-state index is 12.7. The molecule has 1 aliphatic rings. The summed E-state index contributed by atoms with van der Waals surface area (Å²) < 4.78 is 4.72. The van der Waals surface area contributed by atoms with Gasteiger partial charge >= 0.3 is 6.09 Å². The fourth-order valence-corrected chi connectivity index (χ4v) is 4.37. The number of thiophene rings is 1. The second-order valence-electron chi connectivity index (χ2n) is 6.76. The van der Waals surface area contributed by atoms with E-state index in [1.165, 1.54) is 18.4 Å². The summed E-state index contributed by atoms with van der Waals surface area (Å²) in [5, 5.41) is 6.77. The molecule has 1 fully saturated rings. The highest BCUT2D eigenvalue weighted by molar-refractivity contribution is 7.18. The van der Waals surface area contributed by atoms with E-state index >= 15 is 0 Å². The van der Waals surface area contributed by atoms with Gasteiger partial charge in [-0.05, 0) is 43.5 Å². The van der Waals surface area contributed by atoms with Gasteiger partial charge in [-0.25, -0.2) is 4.79 Å². The SMILES string of the molecule is COC(=O)N1CCC(NC(=O)c2sc(NC(=O)c3ccccc3Cl)cc2C)CC1. The van der Waals surface area contributed by atoms with Crippen LogP contribution in [0, 0.1) is 6.92 Å². The van der Waals surface area contributed by atoms with E-state index in [2.05, 4.69) is 10.6 Å². The maximum absolute atomic E-state index is 12.7. The van der Waals surface area contributed by atoms with E-state index in [0.717, 1.165) is 5.56 Å². The maximum Gasteiger partial charge on any atom is 0.409 e. The molecule has 154 valence electrons. The van der Waals surface area contributed by atoms with Crippen molar-refractivity contribution in [2.75, 3.05) is 25.5 Å². The first-order valence-corrected chi connectivity index (χ1v) is 10.4. The highest BCUT2D eigenvalue weighted by Crippen LogP contribution is 2.28. The topological polar surface area (TPSA) is 87.7 Å². The van der Waals surface area contributed by atoms with Gasteiger partial charge in [-0.2, -0.15) is 0 Å². The molecule has 2 N–H and O–H groups in total. The molecular weight excluding hydrogens is 414 g/mol. The molecule has 0 spiro atoms. The molecule has 9 heteroatoms. The van der Waals surface area contributed by atoms with E-state index < -0.39 is 0 Å². The zero-order chi connectivity index (χ0) is 21.0. The van der Waals surface area contributed by atoms with E-state index in [1.807, 2.05) is 6.92 Å². The number of carbonyl (C=O) groups is 3. The largest absolute Gasteiger partial charge is 0.453 e. The summed E-state index contributed by atoms with van der Waals surface area (Å²) in [7, 11) is 1.36. The summed E-state index contributed by atoms with van der Waals surface area (Å²) in [6.07, 6.45) is 0.991. The molecule has 2 aromatic rings. The molecule has 3 amide bonds. The second kappa shape index (κ2) is 9.28. The number of rotatable bonds is 4. The van der Waals surface area contributed by atoms with Crippen molar-refractivity contribution in [1.29, 1.82) is 0 Å². The number of nitrogens with zero attached hydrogens (tertiary/aromatic N) is 1. The third kappa shape index (κ3) is 5.07. The van der Waals surface area contributed by atoms with Gasteiger partial charge in [0.25, 0.3) is 11.8 Å². The lowest BCUT2D eigenvalue weighted by Gasteiger charge is -2.31. The first-order chi connectivity index (χ1) is 13.9. The highest BCUT2D eigenvalue weighted by Gasteiger charge is 2.25. The van der Waals surface area contributed by atoms with Gasteiger partial charge in [-0.3, -0.25) is 9.59 Å². The molecule has 7 nitrogen and oxygen atoms in total. The summed E-state index contributed by atoms with van der Waals surface area (Å²) in [5.74, 6) is -0.499. The Kier molecular flexibility index (Phi) is 6.76. The summed E-state index contributed by atoms with van der Waals surface area (Å²) in [5.41, 5.74) is 1.16. The molecule has 1 saturated heterocycles. The van der Waals surface area contributed by atoms with Gasteiger partial charge in [-0.1, -0.05) is 23.7 Å². The van der Waals surface area contributed by atoms with Crippen LogP contribution < -0.4 is 10.6 Å². The lowest BCUT2D eigenvalue weighted by molar-refractivity contribution is 0.0894. The third-order valence-electron chi connectivity index (χ3n) is 4.74. The van der Waals surface area contributed by atoms with Crippen LogP contribution in [-0.4, -0.2) is 49.0 Å². The zero-order valence-electron chi connectivity index (χ0n) is 16.2. The first-order valence-electron chi connectivity index (χ1n) is 9.19. The lowest BCUT2D eigenvalue weighted by Crippen LogP contribution is -2.46. The molecule has 29 heavy (non-hydrogen) atoms. The average Bonchev–Trinajstić information content (AvgIpc) is 3.08. The second-order valence-corrected chi connectivity index (χ2v) is 8.22. The average molecular weight is 436 g/mol. The quantitative estimate of drug-likeness (QED) is 0.761. The smallest absolute Gasteiger partial charge is 0.409 e. The molecule has 0 saturated carbocycles. The van der Waals surface area contributed by atoms with Gasteiger partial charge in [0.15, 0.2) is 0 Å². The Morgan fingerprint density at radius 1 is 1.17 bits per heavy atom. The van der Waals surface area contributed by atoms with Crippen LogP contribution in [0.15, 0.2) is 30.3 Å². The molecule has 1 aliphatic heterocycles. The Bertz CT molecular complexity index is 922. The molecule has 1 aromatic carbocycles. The number of aryl methyl sites for hydroxylation is 1. The van der Waals surface area contributed by atoms with Crippen LogP contribution in [0.5, 0.6) is 0 Å². The standard InChI is InChI=1S/C20H22ClN3O4S/c1-12-11-16(23-18(25)14-5-3-4-6-15(14)21)29-17(12)19(26)22-13-7-9-24(10-8-13)20(27)28-2/h3-6,11,13H,7-10H2,1-2H3,(H,22,26)(H,23,25). The van der Waals surface area contributed by atoms with E-state index in [4.69, 9.17) is 16.3 Å². The Balaban J connectivity index is 1.60. The van der Waals surface area contributed by atoms with E-state index in [0.29, 0.717) is 46.4 Å². The molecule has 0 aliphatic carbocycles. The Hall–Kier alpha value is -2.58. The predicted octanol–water partition coefficient (Wildman–Crippen LogP) is 3.92. The Morgan fingerprint density at radius 3 is 2.52 bits per heavy atom. The number of halogens is 1. The van der Waals surface area contributed by atoms with Crippen molar-refractivity contribution in [2.24, 2.45) is 0 Å². The molecule has 2 heterocycles. The van der Waals surface area contributed by atoms with Crippen molar-refractivity contribution in [3.63, 3.8) is 0 Å². The van der Waals surface area contributed by atoms with E-state index in [-0.39, 0.29) is 23.9 Å². The molecule has 0 bridgehead atoms. The van der Waals surface area contributed by atoms with Gasteiger partial charge in [0, 0.05) is 19.1 Å². The van der Waals surface area contributed by atoms with Crippen molar-refractivity contribution in [3.05, 3.63) is 51.4 Å². The molecule has 1 aromatic heterocycles. The van der Waals surface area contributed by atoms with Gasteiger partial charge in [-0.15, -0.1) is 11.3 Å². The number of likely N-dealkylation sites (tertiary alicyclic amines) is 1. The molecular formula is C20H22ClN3O4S. The number of nitrogens with one attached hydrogen (secondary N) is 2. The summed E-state index contributed by atoms with van der Waals surface area (Å²) in [6.45, 7) is 2.91. The number of benzene rings is 1. The Morgan fingerprint density at radius 2 is 1.86 bits per heavy atom. The van der Waals surface area contributed by atoms with Crippen LogP contribution in [0.4, 0.5) is 9.80 Å². The van der Waals surface area contributed by atoms with Gasteiger partial charge < -0.3 is 20.3 Å². The predicted molar refractivity (Wildman–Crippen MR) is 113 cm³/mol. The van der Waals surface area contributed by atoms with Crippen molar-refractivity contribution in [3.8, 4) is 0 Å². The Labute approximate surface area is 178 Å². The van der Waals surface area contributed by atoms with Crippen molar-refractivity contribution in [2.45, 2.75) is 25.8 Å². The summed E-state index contributed by atoms with van der Waals surface area (Å²) in [6, 6.07) is 8.56. The van der Waals surface area contributed by atoms with Crippen molar-refractivity contribution >= 4 is 45.8 Å². The van der Waals surface area contributed by atoms with Crippen LogP contribution in [0.2, 0.25) is 5.02 Å². The van der Waals surface area contributed by atoms with Crippen molar-refractivity contribution in [1.82, 2.24) is 10.2 Å². The number of hydrogen-bond donors (Lipinski definition) is 2. The normalized spacial score (nSPS) is 14.4. The van der Waals surface area contributed by atoms with Crippen LogP contribution in [0.25, 0.3) is 0 Å². The third-order valence-corrected chi connectivity index (χ3v) is 6.22. The van der Waals surface area contributed by atoms with Crippen LogP contribution >= 0.6 is 22.9 Å². The fourth-order valence-electron chi connectivity index (χ4n) is 3.18. The summed E-state index contributed by atoms with van der Waals surface area (Å²) in [4.78, 5) is 38.8. The number of ether oxygens (including phenoxy) is 1. The van der Waals surface area contributed by atoms with Gasteiger partial charge in [0.2, 0.25) is 0 Å². The minimum Gasteiger partial charge on any atom is -0.453 e. The minimum absolute atomic E-state index is 0.00827. The fraction of sp³-hybridized carbons (Fsp3) is 0.350. The van der Waals surface area contributed by atoms with Gasteiger partial charge in [0.05, 0.1) is 27.6 Å². The highest BCUT2D eigenvalue weighted by atomic mass is 35.5. The van der Waals surface area contributed by atoms with E-state index in [1.54, 1.807) is 35.2 Å². The number of amides is 3. The number of piperidine rings is 1.